The summed E-state index contributed by atoms with van der Waals surface area (Å²) in [6.45, 7) is 2.21. The van der Waals surface area contributed by atoms with E-state index in [1.165, 1.54) is 19.3 Å². The fourth-order valence-corrected chi connectivity index (χ4v) is 3.37. The monoisotopic (exact) mass is 222 g/mol. The van der Waals surface area contributed by atoms with E-state index in [4.69, 9.17) is 0 Å². The molecule has 2 heteroatoms. The standard InChI is InChI=1S/C13H18OS/c1-2-10-6-3-4-7-11(10)13(14)12-8-5-9-15-12/h5,8-11H,2-4,6-7H2,1H3. The molecular weight excluding hydrogens is 204 g/mol. The number of rotatable bonds is 3. The largest absolute Gasteiger partial charge is 0.293 e. The molecule has 15 heavy (non-hydrogen) atoms. The van der Waals surface area contributed by atoms with Crippen molar-refractivity contribution in [3.8, 4) is 0 Å². The molecule has 1 fully saturated rings. The summed E-state index contributed by atoms with van der Waals surface area (Å²) in [5.41, 5.74) is 0. The van der Waals surface area contributed by atoms with Crippen LogP contribution in [0, 0.1) is 11.8 Å². The third-order valence-corrected chi connectivity index (χ3v) is 4.42. The van der Waals surface area contributed by atoms with Crippen LogP contribution in [-0.2, 0) is 0 Å². The van der Waals surface area contributed by atoms with Gasteiger partial charge in [-0.05, 0) is 30.2 Å². The number of carbonyl (C=O) groups excluding carboxylic acids is 1. The summed E-state index contributed by atoms with van der Waals surface area (Å²) in [5.74, 6) is 1.34. The van der Waals surface area contributed by atoms with Crippen molar-refractivity contribution in [1.29, 1.82) is 0 Å². The minimum Gasteiger partial charge on any atom is -0.293 e. The molecule has 1 nitrogen and oxygen atoms in total. The van der Waals surface area contributed by atoms with E-state index in [1.807, 2.05) is 17.5 Å². The number of ketones is 1. The Morgan fingerprint density at radius 1 is 1.47 bits per heavy atom. The molecule has 0 bridgehead atoms. The van der Waals surface area contributed by atoms with Crippen molar-refractivity contribution >= 4 is 17.1 Å². The molecule has 1 aliphatic rings. The summed E-state index contributed by atoms with van der Waals surface area (Å²) in [7, 11) is 0. The van der Waals surface area contributed by atoms with Gasteiger partial charge < -0.3 is 0 Å². The highest BCUT2D eigenvalue weighted by Gasteiger charge is 2.30. The number of hydrogen-bond donors (Lipinski definition) is 0. The number of hydrogen-bond acceptors (Lipinski definition) is 2. The van der Waals surface area contributed by atoms with Crippen LogP contribution >= 0.6 is 11.3 Å². The molecule has 2 unspecified atom stereocenters. The fourth-order valence-electron chi connectivity index (χ4n) is 2.64. The van der Waals surface area contributed by atoms with Gasteiger partial charge in [-0.3, -0.25) is 4.79 Å². The van der Waals surface area contributed by atoms with E-state index in [1.54, 1.807) is 11.3 Å². The number of Topliss-reactive ketones (excluding diaryl/α,β-unsaturated/α-hetero) is 1. The van der Waals surface area contributed by atoms with Crippen LogP contribution in [0.3, 0.4) is 0 Å². The average Bonchev–Trinajstić information content (AvgIpc) is 2.81. The maximum Gasteiger partial charge on any atom is 0.176 e. The van der Waals surface area contributed by atoms with Crippen LogP contribution < -0.4 is 0 Å². The summed E-state index contributed by atoms with van der Waals surface area (Å²) >= 11 is 1.59. The van der Waals surface area contributed by atoms with Crippen LogP contribution in [0.5, 0.6) is 0 Å². The summed E-state index contributed by atoms with van der Waals surface area (Å²) < 4.78 is 0. The van der Waals surface area contributed by atoms with Gasteiger partial charge in [0.1, 0.15) is 0 Å². The zero-order chi connectivity index (χ0) is 10.7. The molecule has 1 heterocycles. The Bertz CT molecular complexity index is 315. The Kier molecular flexibility index (Phi) is 3.57. The first kappa shape index (κ1) is 10.9. The SMILES string of the molecule is CCC1CCCCC1C(=O)c1cccs1. The van der Waals surface area contributed by atoms with Gasteiger partial charge >= 0.3 is 0 Å². The van der Waals surface area contributed by atoms with E-state index in [2.05, 4.69) is 6.92 Å². The maximum absolute atomic E-state index is 12.2. The molecule has 0 saturated heterocycles. The van der Waals surface area contributed by atoms with Gasteiger partial charge in [0, 0.05) is 5.92 Å². The Balaban J connectivity index is 2.11. The Hall–Kier alpha value is -0.630. The second kappa shape index (κ2) is 4.93. The van der Waals surface area contributed by atoms with Crippen LogP contribution in [-0.4, -0.2) is 5.78 Å². The molecule has 2 rings (SSSR count). The van der Waals surface area contributed by atoms with Crippen molar-refractivity contribution in [1.82, 2.24) is 0 Å². The molecule has 0 aromatic carbocycles. The summed E-state index contributed by atoms with van der Waals surface area (Å²) in [6.07, 6.45) is 6.06. The van der Waals surface area contributed by atoms with Gasteiger partial charge in [-0.15, -0.1) is 11.3 Å². The number of carbonyl (C=O) groups is 1. The molecule has 2 atom stereocenters. The van der Waals surface area contributed by atoms with E-state index < -0.39 is 0 Å². The lowest BCUT2D eigenvalue weighted by atomic mass is 9.75. The molecule has 1 aromatic rings. The molecule has 1 aromatic heterocycles. The molecule has 0 aliphatic heterocycles. The van der Waals surface area contributed by atoms with Gasteiger partial charge in [0.25, 0.3) is 0 Å². The topological polar surface area (TPSA) is 17.1 Å². The van der Waals surface area contributed by atoms with E-state index in [-0.39, 0.29) is 0 Å². The van der Waals surface area contributed by atoms with E-state index in [9.17, 15) is 4.79 Å². The highest BCUT2D eigenvalue weighted by Crippen LogP contribution is 2.35. The lowest BCUT2D eigenvalue weighted by Crippen LogP contribution is -2.26. The predicted octanol–water partition coefficient (Wildman–Crippen LogP) is 4.15. The first-order valence-corrected chi connectivity index (χ1v) is 6.78. The first-order chi connectivity index (χ1) is 7.33. The lowest BCUT2D eigenvalue weighted by Gasteiger charge is -2.29. The highest BCUT2D eigenvalue weighted by molar-refractivity contribution is 7.12. The Labute approximate surface area is 95.5 Å². The first-order valence-electron chi connectivity index (χ1n) is 5.90. The lowest BCUT2D eigenvalue weighted by molar-refractivity contribution is 0.0825. The van der Waals surface area contributed by atoms with Gasteiger partial charge in [0.05, 0.1) is 4.88 Å². The average molecular weight is 222 g/mol. The molecule has 1 aliphatic carbocycles. The van der Waals surface area contributed by atoms with Gasteiger partial charge in [0.15, 0.2) is 5.78 Å². The van der Waals surface area contributed by atoms with Gasteiger partial charge in [-0.25, -0.2) is 0 Å². The van der Waals surface area contributed by atoms with Crippen molar-refractivity contribution in [3.63, 3.8) is 0 Å². The Morgan fingerprint density at radius 2 is 2.27 bits per heavy atom. The number of thiophene rings is 1. The quantitative estimate of drug-likeness (QED) is 0.702. The van der Waals surface area contributed by atoms with Crippen LogP contribution in [0.15, 0.2) is 17.5 Å². The van der Waals surface area contributed by atoms with Crippen LogP contribution in [0.1, 0.15) is 48.7 Å². The van der Waals surface area contributed by atoms with Crippen molar-refractivity contribution in [2.24, 2.45) is 11.8 Å². The van der Waals surface area contributed by atoms with Gasteiger partial charge in [-0.1, -0.05) is 32.3 Å². The van der Waals surface area contributed by atoms with Gasteiger partial charge in [-0.2, -0.15) is 0 Å². The molecule has 0 amide bonds. The molecule has 82 valence electrons. The van der Waals surface area contributed by atoms with Crippen molar-refractivity contribution < 1.29 is 4.79 Å². The third-order valence-electron chi connectivity index (χ3n) is 3.53. The third kappa shape index (κ3) is 2.31. The summed E-state index contributed by atoms with van der Waals surface area (Å²) in [5, 5.41) is 2.00. The van der Waals surface area contributed by atoms with Crippen LogP contribution in [0.4, 0.5) is 0 Å². The van der Waals surface area contributed by atoms with E-state index >= 15 is 0 Å². The zero-order valence-corrected chi connectivity index (χ0v) is 10.1. The molecule has 0 spiro atoms. The normalized spacial score (nSPS) is 26.5. The van der Waals surface area contributed by atoms with Crippen LogP contribution in [0.2, 0.25) is 0 Å². The minimum absolute atomic E-state index is 0.308. The predicted molar refractivity (Wildman–Crippen MR) is 64.4 cm³/mol. The second-order valence-electron chi connectivity index (χ2n) is 4.40. The summed E-state index contributed by atoms with van der Waals surface area (Å²) in [4.78, 5) is 13.2. The minimum atomic E-state index is 0.308. The summed E-state index contributed by atoms with van der Waals surface area (Å²) in [6, 6.07) is 3.94. The fraction of sp³-hybridized carbons (Fsp3) is 0.615. The molecule has 0 radical (unpaired) electrons. The second-order valence-corrected chi connectivity index (χ2v) is 5.35. The molecule has 1 saturated carbocycles. The van der Waals surface area contributed by atoms with Crippen molar-refractivity contribution in [2.75, 3.05) is 0 Å². The molecule has 0 N–H and O–H groups in total. The zero-order valence-electron chi connectivity index (χ0n) is 9.24. The highest BCUT2D eigenvalue weighted by atomic mass is 32.1. The van der Waals surface area contributed by atoms with Gasteiger partial charge in [0.2, 0.25) is 0 Å². The van der Waals surface area contributed by atoms with Crippen molar-refractivity contribution in [3.05, 3.63) is 22.4 Å². The maximum atomic E-state index is 12.2. The van der Waals surface area contributed by atoms with E-state index in [0.717, 1.165) is 17.7 Å². The van der Waals surface area contributed by atoms with E-state index in [0.29, 0.717) is 17.6 Å². The molecular formula is C13H18OS. The van der Waals surface area contributed by atoms with Crippen LogP contribution in [0.25, 0.3) is 0 Å². The Morgan fingerprint density at radius 3 is 2.93 bits per heavy atom. The van der Waals surface area contributed by atoms with Crippen molar-refractivity contribution in [2.45, 2.75) is 39.0 Å². The smallest absolute Gasteiger partial charge is 0.176 e.